The van der Waals surface area contributed by atoms with Gasteiger partial charge in [0.15, 0.2) is 5.56 Å². The highest BCUT2D eigenvalue weighted by Crippen LogP contribution is 2.22. The van der Waals surface area contributed by atoms with Crippen LogP contribution in [0.4, 0.5) is 5.69 Å². The molecule has 0 unspecified atom stereocenters. The Morgan fingerprint density at radius 3 is 3.05 bits per heavy atom. The smallest absolute Gasteiger partial charge is 0.270 e. The molecule has 1 aromatic heterocycles. The molecule has 113 valence electrons. The first-order chi connectivity index (χ1) is 10.6. The van der Waals surface area contributed by atoms with Crippen LogP contribution in [0, 0.1) is 6.07 Å². The van der Waals surface area contributed by atoms with Crippen molar-refractivity contribution in [3.8, 4) is 5.88 Å². The number of fused-ring (bicyclic) bond motifs is 1. The van der Waals surface area contributed by atoms with E-state index in [4.69, 9.17) is 11.6 Å². The predicted octanol–water partition coefficient (Wildman–Crippen LogP) is 1.99. The SMILES string of the molecule is O=C(Nc1ccc[c]c1Cl)c1c(O)nc2n(c1=O)CCCC2. The zero-order valence-electron chi connectivity index (χ0n) is 11.6. The molecule has 2 heterocycles. The largest absolute Gasteiger partial charge is 0.493 e. The minimum Gasteiger partial charge on any atom is -0.493 e. The number of anilines is 1. The van der Waals surface area contributed by atoms with Crippen LogP contribution in [0.2, 0.25) is 5.02 Å². The topological polar surface area (TPSA) is 84.2 Å². The third kappa shape index (κ3) is 2.57. The highest BCUT2D eigenvalue weighted by molar-refractivity contribution is 6.33. The quantitative estimate of drug-likeness (QED) is 0.887. The Hall–Kier alpha value is -2.34. The normalized spacial score (nSPS) is 13.5. The third-order valence-corrected chi connectivity index (χ3v) is 3.85. The molecule has 0 spiro atoms. The summed E-state index contributed by atoms with van der Waals surface area (Å²) in [5.74, 6) is -0.777. The molecule has 0 atom stereocenters. The zero-order valence-corrected chi connectivity index (χ0v) is 12.4. The Kier molecular flexibility index (Phi) is 3.85. The van der Waals surface area contributed by atoms with E-state index in [1.807, 2.05) is 0 Å². The van der Waals surface area contributed by atoms with Crippen molar-refractivity contribution in [1.29, 1.82) is 0 Å². The number of hydrogen-bond acceptors (Lipinski definition) is 4. The number of aromatic hydroxyl groups is 1. The Balaban J connectivity index is 2.00. The van der Waals surface area contributed by atoms with Gasteiger partial charge in [0, 0.05) is 19.0 Å². The van der Waals surface area contributed by atoms with Crippen molar-refractivity contribution < 1.29 is 9.90 Å². The van der Waals surface area contributed by atoms with Crippen molar-refractivity contribution in [2.75, 3.05) is 5.32 Å². The second-order valence-corrected chi connectivity index (χ2v) is 5.37. The number of aromatic nitrogens is 2. The van der Waals surface area contributed by atoms with Crippen LogP contribution in [-0.4, -0.2) is 20.6 Å². The second kappa shape index (κ2) is 5.81. The summed E-state index contributed by atoms with van der Waals surface area (Å²) in [4.78, 5) is 28.7. The van der Waals surface area contributed by atoms with Crippen LogP contribution in [0.25, 0.3) is 0 Å². The van der Waals surface area contributed by atoms with E-state index in [0.717, 1.165) is 12.8 Å². The molecule has 0 bridgehead atoms. The fourth-order valence-electron chi connectivity index (χ4n) is 2.46. The van der Waals surface area contributed by atoms with Crippen LogP contribution in [-0.2, 0) is 13.0 Å². The standard InChI is InChI=1S/C15H13ClN3O3/c16-9-5-1-2-6-10(9)17-13(20)12-14(21)18-11-7-3-4-8-19(11)15(12)22/h1-2,6,21H,3-4,7-8H2,(H,17,20). The first kappa shape index (κ1) is 14.6. The van der Waals surface area contributed by atoms with Crippen LogP contribution < -0.4 is 10.9 Å². The minimum atomic E-state index is -0.739. The molecule has 7 heteroatoms. The van der Waals surface area contributed by atoms with E-state index in [0.29, 0.717) is 24.5 Å². The maximum absolute atomic E-state index is 12.4. The van der Waals surface area contributed by atoms with Crippen LogP contribution >= 0.6 is 11.6 Å². The van der Waals surface area contributed by atoms with Crippen LogP contribution in [0.3, 0.4) is 0 Å². The van der Waals surface area contributed by atoms with Crippen molar-refractivity contribution in [3.05, 3.63) is 51.0 Å². The lowest BCUT2D eigenvalue weighted by molar-refractivity contribution is 0.102. The number of aryl methyl sites for hydroxylation is 1. The molecule has 6 nitrogen and oxygen atoms in total. The average Bonchev–Trinajstić information content (AvgIpc) is 2.49. The number of benzene rings is 1. The van der Waals surface area contributed by atoms with Gasteiger partial charge in [-0.15, -0.1) is 0 Å². The van der Waals surface area contributed by atoms with Crippen LogP contribution in [0.5, 0.6) is 5.88 Å². The van der Waals surface area contributed by atoms with Crippen LogP contribution in [0.1, 0.15) is 29.0 Å². The van der Waals surface area contributed by atoms with E-state index in [1.165, 1.54) is 4.57 Å². The van der Waals surface area contributed by atoms with E-state index in [9.17, 15) is 14.7 Å². The number of nitrogens with zero attached hydrogens (tertiary/aromatic N) is 2. The molecule has 1 aromatic carbocycles. The maximum atomic E-state index is 12.4. The number of rotatable bonds is 2. The first-order valence-electron chi connectivity index (χ1n) is 6.88. The Morgan fingerprint density at radius 2 is 2.27 bits per heavy atom. The number of halogens is 1. The maximum Gasteiger partial charge on any atom is 0.270 e. The number of carbonyl (C=O) groups is 1. The molecule has 3 rings (SSSR count). The molecule has 0 fully saturated rings. The van der Waals surface area contributed by atoms with Gasteiger partial charge < -0.3 is 10.4 Å². The number of carbonyl (C=O) groups excluding carboxylic acids is 1. The van der Waals surface area contributed by atoms with Gasteiger partial charge in [0.2, 0.25) is 5.88 Å². The van der Waals surface area contributed by atoms with Gasteiger partial charge in [-0.05, 0) is 18.9 Å². The van der Waals surface area contributed by atoms with Gasteiger partial charge in [0.05, 0.1) is 10.7 Å². The molecule has 1 aliphatic heterocycles. The van der Waals surface area contributed by atoms with Gasteiger partial charge in [-0.3, -0.25) is 14.2 Å². The summed E-state index contributed by atoms with van der Waals surface area (Å²) in [6, 6.07) is 7.56. The molecule has 1 amide bonds. The summed E-state index contributed by atoms with van der Waals surface area (Å²) in [7, 11) is 0. The molecule has 2 aromatic rings. The molecule has 0 saturated carbocycles. The van der Waals surface area contributed by atoms with E-state index in [1.54, 1.807) is 18.2 Å². The van der Waals surface area contributed by atoms with Gasteiger partial charge in [-0.2, -0.15) is 4.98 Å². The third-order valence-electron chi connectivity index (χ3n) is 3.54. The summed E-state index contributed by atoms with van der Waals surface area (Å²) in [5.41, 5.74) is -0.586. The lowest BCUT2D eigenvalue weighted by Gasteiger charge is -2.18. The van der Waals surface area contributed by atoms with Gasteiger partial charge in [0.25, 0.3) is 11.5 Å². The Labute approximate surface area is 131 Å². The highest BCUT2D eigenvalue weighted by Gasteiger charge is 2.24. The minimum absolute atomic E-state index is 0.223. The summed E-state index contributed by atoms with van der Waals surface area (Å²) >= 11 is 5.92. The van der Waals surface area contributed by atoms with E-state index >= 15 is 0 Å². The monoisotopic (exact) mass is 318 g/mol. The van der Waals surface area contributed by atoms with Crippen molar-refractivity contribution in [1.82, 2.24) is 9.55 Å². The van der Waals surface area contributed by atoms with Crippen molar-refractivity contribution in [3.63, 3.8) is 0 Å². The molecule has 0 saturated heterocycles. The van der Waals surface area contributed by atoms with Gasteiger partial charge in [0.1, 0.15) is 5.82 Å². The summed E-state index contributed by atoms with van der Waals surface area (Å²) in [6.07, 6.45) is 2.37. The molecular formula is C15H13ClN3O3. The molecule has 1 aliphatic rings. The van der Waals surface area contributed by atoms with Gasteiger partial charge >= 0.3 is 0 Å². The summed E-state index contributed by atoms with van der Waals surface area (Å²) in [6.45, 7) is 0.502. The lowest BCUT2D eigenvalue weighted by Crippen LogP contribution is -2.34. The second-order valence-electron chi connectivity index (χ2n) is 4.99. The Bertz CT molecular complexity index is 801. The molecule has 22 heavy (non-hydrogen) atoms. The van der Waals surface area contributed by atoms with Crippen molar-refractivity contribution >= 4 is 23.2 Å². The van der Waals surface area contributed by atoms with E-state index in [-0.39, 0.29) is 10.6 Å². The highest BCUT2D eigenvalue weighted by atomic mass is 35.5. The van der Waals surface area contributed by atoms with Crippen LogP contribution in [0.15, 0.2) is 23.0 Å². The first-order valence-corrected chi connectivity index (χ1v) is 7.26. The fraction of sp³-hybridized carbons (Fsp3) is 0.267. The lowest BCUT2D eigenvalue weighted by atomic mass is 10.1. The zero-order chi connectivity index (χ0) is 15.7. The molecule has 1 radical (unpaired) electrons. The number of hydrogen-bond donors (Lipinski definition) is 2. The summed E-state index contributed by atoms with van der Waals surface area (Å²) < 4.78 is 1.44. The van der Waals surface area contributed by atoms with Gasteiger partial charge in [-0.1, -0.05) is 23.7 Å². The van der Waals surface area contributed by atoms with Crippen molar-refractivity contribution in [2.45, 2.75) is 25.8 Å². The number of amides is 1. The molecule has 2 N–H and O–H groups in total. The summed E-state index contributed by atoms with van der Waals surface area (Å²) in [5, 5.41) is 12.7. The van der Waals surface area contributed by atoms with Gasteiger partial charge in [-0.25, -0.2) is 0 Å². The Morgan fingerprint density at radius 1 is 1.45 bits per heavy atom. The molecular weight excluding hydrogens is 306 g/mol. The fourth-order valence-corrected chi connectivity index (χ4v) is 2.63. The van der Waals surface area contributed by atoms with E-state index < -0.39 is 17.3 Å². The predicted molar refractivity (Wildman–Crippen MR) is 81.3 cm³/mol. The number of nitrogens with one attached hydrogen (secondary N) is 1. The molecule has 0 aliphatic carbocycles. The average molecular weight is 319 g/mol. The van der Waals surface area contributed by atoms with Crippen molar-refractivity contribution in [2.24, 2.45) is 0 Å². The van der Waals surface area contributed by atoms with E-state index in [2.05, 4.69) is 16.4 Å².